The smallest absolute Gasteiger partial charge is 0.252 e. The number of nitrogens with two attached hydrogens (primary N) is 1. The maximum Gasteiger partial charge on any atom is 0.252 e. The van der Waals surface area contributed by atoms with Crippen molar-refractivity contribution < 1.29 is 13.3 Å². The molecule has 1 aliphatic carbocycles. The lowest BCUT2D eigenvalue weighted by atomic mass is 9.95. The summed E-state index contributed by atoms with van der Waals surface area (Å²) in [5.41, 5.74) is 5.73. The Morgan fingerprint density at radius 3 is 3.00 bits per heavy atom. The van der Waals surface area contributed by atoms with E-state index in [0.29, 0.717) is 11.3 Å². The Kier molecular flexibility index (Phi) is 1.37. The van der Waals surface area contributed by atoms with Crippen molar-refractivity contribution in [1.82, 2.24) is 5.16 Å². The second-order valence-corrected chi connectivity index (χ2v) is 3.00. The number of hydrogen-bond donors (Lipinski definition) is 1. The minimum Gasteiger partial charge on any atom is -0.381 e. The van der Waals surface area contributed by atoms with Crippen molar-refractivity contribution in [2.45, 2.75) is 25.2 Å². The zero-order valence-corrected chi connectivity index (χ0v) is 6.31. The normalized spacial score (nSPS) is 20.5. The molecule has 0 aromatic carbocycles. The van der Waals surface area contributed by atoms with E-state index in [-0.39, 0.29) is 25.1 Å². The molecule has 0 spiro atoms. The van der Waals surface area contributed by atoms with Crippen LogP contribution in [0.5, 0.6) is 0 Å². The van der Waals surface area contributed by atoms with E-state index in [1.807, 2.05) is 0 Å². The molecule has 0 amide bonds. The second kappa shape index (κ2) is 2.18. The largest absolute Gasteiger partial charge is 0.381 e. The highest BCUT2D eigenvalue weighted by Gasteiger charge is 2.37. The van der Waals surface area contributed by atoms with Crippen molar-refractivity contribution in [3.63, 3.8) is 0 Å². The molecular formula is C7H8F2N2O. The number of rotatable bonds is 0. The SMILES string of the molecule is Nc1noc2c1CC(F)(F)CC2. The summed E-state index contributed by atoms with van der Waals surface area (Å²) < 4.78 is 30.4. The highest BCUT2D eigenvalue weighted by atomic mass is 19.3. The minimum absolute atomic E-state index is 0.101. The predicted octanol–water partition coefficient (Wildman–Crippen LogP) is 1.38. The number of nitrogens with zero attached hydrogens (tertiary/aromatic N) is 1. The summed E-state index contributed by atoms with van der Waals surface area (Å²) in [6, 6.07) is 0. The van der Waals surface area contributed by atoms with E-state index in [0.717, 1.165) is 0 Å². The molecule has 3 nitrogen and oxygen atoms in total. The van der Waals surface area contributed by atoms with Gasteiger partial charge < -0.3 is 10.3 Å². The fraction of sp³-hybridized carbons (Fsp3) is 0.571. The molecule has 0 saturated carbocycles. The highest BCUT2D eigenvalue weighted by Crippen LogP contribution is 2.35. The molecule has 1 aromatic rings. The lowest BCUT2D eigenvalue weighted by molar-refractivity contribution is -0.0145. The monoisotopic (exact) mass is 174 g/mol. The van der Waals surface area contributed by atoms with Gasteiger partial charge in [0.05, 0.1) is 0 Å². The zero-order chi connectivity index (χ0) is 8.77. The summed E-state index contributed by atoms with van der Waals surface area (Å²) in [5.74, 6) is -2.03. The summed E-state index contributed by atoms with van der Waals surface area (Å²) in [4.78, 5) is 0. The van der Waals surface area contributed by atoms with E-state index < -0.39 is 5.92 Å². The van der Waals surface area contributed by atoms with Crippen LogP contribution in [0.4, 0.5) is 14.6 Å². The molecule has 1 aromatic heterocycles. The van der Waals surface area contributed by atoms with Gasteiger partial charge in [0.1, 0.15) is 5.76 Å². The van der Waals surface area contributed by atoms with Crippen LogP contribution in [0.3, 0.4) is 0 Å². The van der Waals surface area contributed by atoms with Gasteiger partial charge in [0.25, 0.3) is 5.92 Å². The minimum atomic E-state index is -2.65. The Labute approximate surface area is 67.5 Å². The molecule has 0 bridgehead atoms. The van der Waals surface area contributed by atoms with Crippen LogP contribution in [0.2, 0.25) is 0 Å². The van der Waals surface area contributed by atoms with Crippen LogP contribution in [0.25, 0.3) is 0 Å². The van der Waals surface area contributed by atoms with E-state index in [9.17, 15) is 8.78 Å². The molecule has 12 heavy (non-hydrogen) atoms. The van der Waals surface area contributed by atoms with Crippen molar-refractivity contribution in [2.24, 2.45) is 0 Å². The quantitative estimate of drug-likeness (QED) is 0.646. The summed E-state index contributed by atoms with van der Waals surface area (Å²) in [7, 11) is 0. The molecule has 0 radical (unpaired) electrons. The number of nitrogen functional groups attached to an aromatic ring is 1. The van der Waals surface area contributed by atoms with E-state index in [4.69, 9.17) is 10.3 Å². The standard InChI is InChI=1S/C7H8F2N2O/c8-7(9)2-1-5-4(3-7)6(10)11-12-5/h1-3H2,(H2,10,11). The summed E-state index contributed by atoms with van der Waals surface area (Å²) >= 11 is 0. The third-order valence-electron chi connectivity index (χ3n) is 2.05. The van der Waals surface area contributed by atoms with Gasteiger partial charge in [-0.3, -0.25) is 0 Å². The molecule has 0 fully saturated rings. The van der Waals surface area contributed by atoms with Crippen molar-refractivity contribution in [3.05, 3.63) is 11.3 Å². The van der Waals surface area contributed by atoms with Crippen LogP contribution in [-0.4, -0.2) is 11.1 Å². The number of alkyl halides is 2. The number of anilines is 1. The third kappa shape index (κ3) is 1.05. The van der Waals surface area contributed by atoms with Gasteiger partial charge in [-0.15, -0.1) is 0 Å². The summed E-state index contributed by atoms with van der Waals surface area (Å²) in [6.07, 6.45) is -0.279. The molecule has 66 valence electrons. The molecule has 0 unspecified atom stereocenters. The van der Waals surface area contributed by atoms with Gasteiger partial charge in [-0.1, -0.05) is 5.16 Å². The molecular weight excluding hydrogens is 166 g/mol. The number of aryl methyl sites for hydroxylation is 1. The van der Waals surface area contributed by atoms with Crippen LogP contribution in [0.15, 0.2) is 4.52 Å². The van der Waals surface area contributed by atoms with Crippen LogP contribution >= 0.6 is 0 Å². The van der Waals surface area contributed by atoms with E-state index in [2.05, 4.69) is 5.16 Å². The Morgan fingerprint density at radius 2 is 2.25 bits per heavy atom. The number of halogens is 2. The molecule has 0 atom stereocenters. The van der Waals surface area contributed by atoms with Gasteiger partial charge in [0, 0.05) is 24.8 Å². The van der Waals surface area contributed by atoms with E-state index >= 15 is 0 Å². The van der Waals surface area contributed by atoms with Crippen molar-refractivity contribution in [3.8, 4) is 0 Å². The molecule has 5 heteroatoms. The van der Waals surface area contributed by atoms with Gasteiger partial charge in [0.2, 0.25) is 0 Å². The first-order chi connectivity index (χ1) is 5.58. The van der Waals surface area contributed by atoms with Crippen LogP contribution in [0.1, 0.15) is 17.7 Å². The summed E-state index contributed by atoms with van der Waals surface area (Å²) in [6.45, 7) is 0. The summed E-state index contributed by atoms with van der Waals surface area (Å²) in [5, 5.41) is 3.43. The lowest BCUT2D eigenvalue weighted by Gasteiger charge is -2.19. The third-order valence-corrected chi connectivity index (χ3v) is 2.05. The zero-order valence-electron chi connectivity index (χ0n) is 6.31. The van der Waals surface area contributed by atoms with Crippen molar-refractivity contribution >= 4 is 5.82 Å². The molecule has 2 rings (SSSR count). The van der Waals surface area contributed by atoms with Crippen molar-refractivity contribution in [2.75, 3.05) is 5.73 Å². The number of aromatic nitrogens is 1. The van der Waals surface area contributed by atoms with E-state index in [1.165, 1.54) is 0 Å². The maximum absolute atomic E-state index is 12.8. The predicted molar refractivity (Wildman–Crippen MR) is 37.9 cm³/mol. The first-order valence-electron chi connectivity index (χ1n) is 3.69. The van der Waals surface area contributed by atoms with Gasteiger partial charge >= 0.3 is 0 Å². The molecule has 2 N–H and O–H groups in total. The van der Waals surface area contributed by atoms with Crippen LogP contribution in [0, 0.1) is 0 Å². The van der Waals surface area contributed by atoms with Gasteiger partial charge in [-0.05, 0) is 0 Å². The Morgan fingerprint density at radius 1 is 1.50 bits per heavy atom. The Bertz CT molecular complexity index is 308. The molecule has 1 aliphatic rings. The maximum atomic E-state index is 12.8. The first-order valence-corrected chi connectivity index (χ1v) is 3.69. The van der Waals surface area contributed by atoms with Gasteiger partial charge in [-0.2, -0.15) is 0 Å². The lowest BCUT2D eigenvalue weighted by Crippen LogP contribution is -2.25. The Balaban J connectivity index is 2.38. The average Bonchev–Trinajstić information content (AvgIpc) is 2.31. The van der Waals surface area contributed by atoms with Gasteiger partial charge in [-0.25, -0.2) is 8.78 Å². The van der Waals surface area contributed by atoms with Crippen LogP contribution < -0.4 is 5.73 Å². The number of hydrogen-bond acceptors (Lipinski definition) is 3. The average molecular weight is 174 g/mol. The van der Waals surface area contributed by atoms with Crippen molar-refractivity contribution in [1.29, 1.82) is 0 Å². The molecule has 1 heterocycles. The first kappa shape index (κ1) is 7.52. The fourth-order valence-corrected chi connectivity index (χ4v) is 1.39. The molecule has 0 aliphatic heterocycles. The topological polar surface area (TPSA) is 52.0 Å². The Hall–Kier alpha value is -1.13. The van der Waals surface area contributed by atoms with E-state index in [1.54, 1.807) is 0 Å². The highest BCUT2D eigenvalue weighted by molar-refractivity contribution is 5.42. The number of fused-ring (bicyclic) bond motifs is 1. The van der Waals surface area contributed by atoms with Crippen LogP contribution in [-0.2, 0) is 12.8 Å². The molecule has 0 saturated heterocycles. The fourth-order valence-electron chi connectivity index (χ4n) is 1.39. The second-order valence-electron chi connectivity index (χ2n) is 3.00. The van der Waals surface area contributed by atoms with Gasteiger partial charge in [0.15, 0.2) is 5.82 Å².